The topological polar surface area (TPSA) is 85.2 Å². The molecule has 4 heteroatoms. The van der Waals surface area contributed by atoms with E-state index in [2.05, 4.69) is 4.98 Å². The van der Waals surface area contributed by atoms with Gasteiger partial charge in [0.1, 0.15) is 5.82 Å². The summed E-state index contributed by atoms with van der Waals surface area (Å²) in [5.74, 6) is 0.460. The van der Waals surface area contributed by atoms with Crippen LogP contribution in [0.2, 0.25) is 0 Å². The van der Waals surface area contributed by atoms with Crippen molar-refractivity contribution in [1.29, 1.82) is 0 Å². The molecule has 0 saturated carbocycles. The first-order chi connectivity index (χ1) is 8.15. The molecule has 1 unspecified atom stereocenters. The van der Waals surface area contributed by atoms with Gasteiger partial charge in [-0.1, -0.05) is 12.1 Å². The van der Waals surface area contributed by atoms with Crippen LogP contribution in [0.4, 0.5) is 11.5 Å². The van der Waals surface area contributed by atoms with Gasteiger partial charge >= 0.3 is 0 Å². The van der Waals surface area contributed by atoms with Crippen LogP contribution in [0.25, 0.3) is 0 Å². The van der Waals surface area contributed by atoms with Gasteiger partial charge in [0.25, 0.3) is 0 Å². The summed E-state index contributed by atoms with van der Waals surface area (Å²) in [7, 11) is 0. The number of nitrogen functional groups attached to an aromatic ring is 2. The fourth-order valence-electron chi connectivity index (χ4n) is 1.73. The van der Waals surface area contributed by atoms with Crippen LogP contribution in [-0.4, -0.2) is 10.1 Å². The van der Waals surface area contributed by atoms with Crippen LogP contribution in [0.15, 0.2) is 42.6 Å². The largest absolute Gasteiger partial charge is 0.399 e. The Labute approximate surface area is 99.9 Å². The van der Waals surface area contributed by atoms with E-state index in [1.54, 1.807) is 24.4 Å². The highest BCUT2D eigenvalue weighted by Crippen LogP contribution is 2.20. The molecule has 0 aliphatic carbocycles. The fraction of sp³-hybridized carbons (Fsp3) is 0.154. The molecule has 2 aromatic rings. The number of rotatable bonds is 3. The van der Waals surface area contributed by atoms with Crippen LogP contribution >= 0.6 is 0 Å². The van der Waals surface area contributed by atoms with Gasteiger partial charge < -0.3 is 16.6 Å². The monoisotopic (exact) mass is 229 g/mol. The van der Waals surface area contributed by atoms with Gasteiger partial charge in [0, 0.05) is 18.3 Å². The van der Waals surface area contributed by atoms with Gasteiger partial charge in [-0.15, -0.1) is 0 Å². The number of nitrogens with zero attached hydrogens (tertiary/aromatic N) is 1. The lowest BCUT2D eigenvalue weighted by Crippen LogP contribution is -2.03. The third-order valence-corrected chi connectivity index (χ3v) is 2.57. The normalized spacial score (nSPS) is 12.3. The van der Waals surface area contributed by atoms with E-state index >= 15 is 0 Å². The minimum Gasteiger partial charge on any atom is -0.399 e. The Hall–Kier alpha value is -2.07. The Kier molecular flexibility index (Phi) is 3.25. The van der Waals surface area contributed by atoms with Crippen molar-refractivity contribution in [2.24, 2.45) is 0 Å². The molecule has 0 radical (unpaired) electrons. The second-order valence-electron chi connectivity index (χ2n) is 3.98. The summed E-state index contributed by atoms with van der Waals surface area (Å²) in [6, 6.07) is 10.8. The van der Waals surface area contributed by atoms with Crippen molar-refractivity contribution in [3.05, 3.63) is 53.7 Å². The minimum absolute atomic E-state index is 0.460. The third-order valence-electron chi connectivity index (χ3n) is 2.57. The van der Waals surface area contributed by atoms with Gasteiger partial charge in [-0.05, 0) is 35.4 Å². The molecular formula is C13H15N3O. The van der Waals surface area contributed by atoms with Crippen LogP contribution < -0.4 is 11.5 Å². The molecule has 5 N–H and O–H groups in total. The summed E-state index contributed by atoms with van der Waals surface area (Å²) in [4.78, 5) is 3.91. The molecular weight excluding hydrogens is 214 g/mol. The van der Waals surface area contributed by atoms with Crippen LogP contribution in [0.3, 0.4) is 0 Å². The quantitative estimate of drug-likeness (QED) is 0.697. The Balaban J connectivity index is 2.14. The maximum Gasteiger partial charge on any atom is 0.123 e. The Morgan fingerprint density at radius 1 is 1.18 bits per heavy atom. The van der Waals surface area contributed by atoms with Gasteiger partial charge in [0.2, 0.25) is 0 Å². The number of hydrogen-bond donors (Lipinski definition) is 3. The van der Waals surface area contributed by atoms with E-state index in [4.69, 9.17) is 11.5 Å². The zero-order valence-electron chi connectivity index (χ0n) is 9.38. The van der Waals surface area contributed by atoms with Crippen molar-refractivity contribution in [1.82, 2.24) is 4.98 Å². The first-order valence-corrected chi connectivity index (χ1v) is 5.39. The summed E-state index contributed by atoms with van der Waals surface area (Å²) in [5.41, 5.74) is 13.7. The van der Waals surface area contributed by atoms with Crippen LogP contribution in [0.1, 0.15) is 17.2 Å². The molecule has 1 aromatic heterocycles. The summed E-state index contributed by atoms with van der Waals surface area (Å²) in [6.45, 7) is 0. The lowest BCUT2D eigenvalue weighted by Gasteiger charge is -2.11. The van der Waals surface area contributed by atoms with Crippen LogP contribution in [0.5, 0.6) is 0 Å². The van der Waals surface area contributed by atoms with Crippen molar-refractivity contribution in [2.75, 3.05) is 11.5 Å². The number of hydrogen-bond acceptors (Lipinski definition) is 4. The van der Waals surface area contributed by atoms with Crippen molar-refractivity contribution in [3.63, 3.8) is 0 Å². The number of pyridine rings is 1. The maximum atomic E-state index is 10.1. The molecule has 2 rings (SSSR count). The minimum atomic E-state index is -0.583. The molecule has 0 saturated heterocycles. The average molecular weight is 229 g/mol. The van der Waals surface area contributed by atoms with Crippen molar-refractivity contribution in [2.45, 2.75) is 12.5 Å². The Bertz CT molecular complexity index is 514. The molecule has 0 fully saturated rings. The lowest BCUT2D eigenvalue weighted by molar-refractivity contribution is 0.178. The predicted octanol–water partition coefficient (Wildman–Crippen LogP) is 1.52. The highest BCUT2D eigenvalue weighted by atomic mass is 16.3. The van der Waals surface area contributed by atoms with Crippen molar-refractivity contribution in [3.8, 4) is 0 Å². The van der Waals surface area contributed by atoms with Gasteiger partial charge in [0.15, 0.2) is 0 Å². The Morgan fingerprint density at radius 3 is 2.71 bits per heavy atom. The predicted molar refractivity (Wildman–Crippen MR) is 68.2 cm³/mol. The van der Waals surface area contributed by atoms with E-state index in [1.165, 1.54) is 0 Å². The molecule has 0 aliphatic heterocycles. The first kappa shape index (κ1) is 11.4. The van der Waals surface area contributed by atoms with Gasteiger partial charge in [-0.2, -0.15) is 0 Å². The third kappa shape index (κ3) is 2.95. The smallest absolute Gasteiger partial charge is 0.123 e. The fourth-order valence-corrected chi connectivity index (χ4v) is 1.73. The molecule has 4 nitrogen and oxygen atoms in total. The number of aliphatic hydroxyl groups is 1. The molecule has 1 aromatic carbocycles. The van der Waals surface area contributed by atoms with Gasteiger partial charge in [-0.25, -0.2) is 4.98 Å². The molecule has 0 amide bonds. The highest BCUT2D eigenvalue weighted by Gasteiger charge is 2.09. The van der Waals surface area contributed by atoms with E-state index < -0.39 is 6.10 Å². The highest BCUT2D eigenvalue weighted by molar-refractivity contribution is 5.42. The number of aromatic nitrogens is 1. The number of nitrogens with two attached hydrogens (primary N) is 2. The van der Waals surface area contributed by atoms with E-state index in [1.807, 2.05) is 18.2 Å². The number of anilines is 2. The molecule has 0 bridgehead atoms. The second kappa shape index (κ2) is 4.84. The Morgan fingerprint density at radius 2 is 2.00 bits per heavy atom. The number of aliphatic hydroxyl groups excluding tert-OH is 1. The van der Waals surface area contributed by atoms with Crippen molar-refractivity contribution >= 4 is 11.5 Å². The van der Waals surface area contributed by atoms with E-state index in [9.17, 15) is 5.11 Å². The molecule has 0 aliphatic rings. The molecule has 17 heavy (non-hydrogen) atoms. The van der Waals surface area contributed by atoms with Gasteiger partial charge in [0.05, 0.1) is 6.10 Å². The number of benzene rings is 1. The summed E-state index contributed by atoms with van der Waals surface area (Å²) in [5, 5.41) is 10.1. The van der Waals surface area contributed by atoms with E-state index in [0.29, 0.717) is 17.9 Å². The molecule has 88 valence electrons. The van der Waals surface area contributed by atoms with E-state index in [-0.39, 0.29) is 0 Å². The standard InChI is InChI=1S/C13H15N3O/c14-11-3-1-2-10(8-11)12(17)6-9-4-5-16-13(15)7-9/h1-5,7-8,12,17H,6,14H2,(H2,15,16). The van der Waals surface area contributed by atoms with Crippen LogP contribution in [0, 0.1) is 0 Å². The molecule has 1 atom stereocenters. The summed E-state index contributed by atoms with van der Waals surface area (Å²) in [6.07, 6.45) is 1.55. The molecule has 0 spiro atoms. The maximum absolute atomic E-state index is 10.1. The zero-order chi connectivity index (χ0) is 12.3. The molecule has 1 heterocycles. The van der Waals surface area contributed by atoms with Crippen molar-refractivity contribution < 1.29 is 5.11 Å². The lowest BCUT2D eigenvalue weighted by atomic mass is 10.0. The SMILES string of the molecule is Nc1cccc(C(O)Cc2ccnc(N)c2)c1. The van der Waals surface area contributed by atoms with Crippen LogP contribution in [-0.2, 0) is 6.42 Å². The zero-order valence-corrected chi connectivity index (χ0v) is 9.38. The summed E-state index contributed by atoms with van der Waals surface area (Å²) < 4.78 is 0. The van der Waals surface area contributed by atoms with Gasteiger partial charge in [-0.3, -0.25) is 0 Å². The average Bonchev–Trinajstić information content (AvgIpc) is 2.29. The van der Waals surface area contributed by atoms with E-state index in [0.717, 1.165) is 11.1 Å². The summed E-state index contributed by atoms with van der Waals surface area (Å²) >= 11 is 0. The first-order valence-electron chi connectivity index (χ1n) is 5.39. The second-order valence-corrected chi connectivity index (χ2v) is 3.98.